The number of pyridine rings is 1. The second-order valence-corrected chi connectivity index (χ2v) is 2.96. The minimum absolute atomic E-state index is 0.137. The van der Waals surface area contributed by atoms with Crippen LogP contribution in [0.3, 0.4) is 0 Å². The van der Waals surface area contributed by atoms with Gasteiger partial charge < -0.3 is 5.11 Å². The lowest BCUT2D eigenvalue weighted by atomic mass is 10.2. The fraction of sp³-hybridized carbons (Fsp3) is 0. The molecule has 1 N–H and O–H groups in total. The third kappa shape index (κ3) is 2.00. The quantitative estimate of drug-likeness (QED) is 0.772. The first-order valence-electron chi connectivity index (χ1n) is 4.34. The number of hydrogen-bond acceptors (Lipinski definition) is 4. The van der Waals surface area contributed by atoms with Crippen molar-refractivity contribution in [2.75, 3.05) is 0 Å². The summed E-state index contributed by atoms with van der Waals surface area (Å²) in [6, 6.07) is 3.99. The number of aromatic nitrogens is 3. The summed E-state index contributed by atoms with van der Waals surface area (Å²) in [5.41, 5.74) is 0.660. The first-order chi connectivity index (χ1) is 7.66. The topological polar surface area (TPSA) is 76.0 Å². The lowest BCUT2D eigenvalue weighted by Gasteiger charge is -2.00. The number of nitrogens with zero attached hydrogens (tertiary/aromatic N) is 3. The Kier molecular flexibility index (Phi) is 2.55. The molecule has 0 atom stereocenters. The van der Waals surface area contributed by atoms with E-state index < -0.39 is 11.9 Å². The molecule has 2 aromatic heterocycles. The number of halogens is 1. The van der Waals surface area contributed by atoms with Crippen molar-refractivity contribution in [2.45, 2.75) is 0 Å². The summed E-state index contributed by atoms with van der Waals surface area (Å²) in [5, 5.41) is 8.73. The molecule has 6 heteroatoms. The Bertz CT molecular complexity index is 545. The lowest BCUT2D eigenvalue weighted by Crippen LogP contribution is -2.01. The van der Waals surface area contributed by atoms with E-state index in [-0.39, 0.29) is 5.69 Å². The molecule has 0 fully saturated rings. The zero-order valence-corrected chi connectivity index (χ0v) is 7.96. The van der Waals surface area contributed by atoms with E-state index in [0.29, 0.717) is 11.3 Å². The predicted octanol–water partition coefficient (Wildman–Crippen LogP) is 1.38. The normalized spacial score (nSPS) is 10.1. The highest BCUT2D eigenvalue weighted by Gasteiger charge is 2.08. The van der Waals surface area contributed by atoms with Gasteiger partial charge in [-0.3, -0.25) is 0 Å². The van der Waals surface area contributed by atoms with Gasteiger partial charge >= 0.3 is 5.97 Å². The van der Waals surface area contributed by atoms with E-state index >= 15 is 0 Å². The molecule has 0 spiro atoms. The van der Waals surface area contributed by atoms with E-state index in [4.69, 9.17) is 5.11 Å². The van der Waals surface area contributed by atoms with Crippen molar-refractivity contribution in [3.63, 3.8) is 0 Å². The van der Waals surface area contributed by atoms with Gasteiger partial charge in [-0.15, -0.1) is 0 Å². The van der Waals surface area contributed by atoms with E-state index in [1.165, 1.54) is 24.4 Å². The van der Waals surface area contributed by atoms with Gasteiger partial charge in [0.1, 0.15) is 6.33 Å². The Balaban J connectivity index is 2.48. The van der Waals surface area contributed by atoms with Crippen LogP contribution >= 0.6 is 0 Å². The first kappa shape index (κ1) is 10.2. The van der Waals surface area contributed by atoms with Gasteiger partial charge in [0.25, 0.3) is 0 Å². The first-order valence-corrected chi connectivity index (χ1v) is 4.34. The van der Waals surface area contributed by atoms with E-state index in [2.05, 4.69) is 15.0 Å². The van der Waals surface area contributed by atoms with Crippen molar-refractivity contribution in [2.24, 2.45) is 0 Å². The van der Waals surface area contributed by atoms with Crippen LogP contribution in [0, 0.1) is 5.95 Å². The molecule has 0 radical (unpaired) electrons. The van der Waals surface area contributed by atoms with Gasteiger partial charge in [0.2, 0.25) is 5.95 Å². The molecule has 2 heterocycles. The smallest absolute Gasteiger partial charge is 0.354 e. The molecule has 0 aliphatic rings. The van der Waals surface area contributed by atoms with E-state index in [0.717, 1.165) is 6.33 Å². The highest BCUT2D eigenvalue weighted by Crippen LogP contribution is 2.16. The third-order valence-corrected chi connectivity index (χ3v) is 1.91. The Morgan fingerprint density at radius 3 is 2.75 bits per heavy atom. The largest absolute Gasteiger partial charge is 0.477 e. The van der Waals surface area contributed by atoms with Crippen LogP contribution in [-0.2, 0) is 0 Å². The van der Waals surface area contributed by atoms with Crippen molar-refractivity contribution >= 4 is 5.97 Å². The molecule has 0 amide bonds. The third-order valence-electron chi connectivity index (χ3n) is 1.91. The van der Waals surface area contributed by atoms with Gasteiger partial charge in [0, 0.05) is 17.8 Å². The standard InChI is InChI=1S/C10H6FN3O2/c11-9-3-6(1-2-12-9)7-4-8(10(15)16)14-5-13-7/h1-5H,(H,15,16). The summed E-state index contributed by atoms with van der Waals surface area (Å²) < 4.78 is 12.8. The van der Waals surface area contributed by atoms with Gasteiger partial charge in [-0.25, -0.2) is 19.7 Å². The van der Waals surface area contributed by atoms with Gasteiger partial charge in [-0.2, -0.15) is 4.39 Å². The highest BCUT2D eigenvalue weighted by atomic mass is 19.1. The monoisotopic (exact) mass is 219 g/mol. The van der Waals surface area contributed by atoms with E-state index in [1.807, 2.05) is 0 Å². The molecule has 0 saturated carbocycles. The Morgan fingerprint density at radius 2 is 2.06 bits per heavy atom. The number of rotatable bonds is 2. The summed E-state index contributed by atoms with van der Waals surface area (Å²) in [4.78, 5) is 21.5. The zero-order valence-electron chi connectivity index (χ0n) is 7.96. The van der Waals surface area contributed by atoms with Crippen molar-refractivity contribution in [3.8, 4) is 11.3 Å². The fourth-order valence-electron chi connectivity index (χ4n) is 1.19. The van der Waals surface area contributed by atoms with Crippen molar-refractivity contribution < 1.29 is 14.3 Å². The Hall–Kier alpha value is -2.37. The number of hydrogen-bond donors (Lipinski definition) is 1. The molecular formula is C10H6FN3O2. The summed E-state index contributed by atoms with van der Waals surface area (Å²) in [5.74, 6) is -1.80. The van der Waals surface area contributed by atoms with E-state index in [1.54, 1.807) is 0 Å². The number of carboxylic acid groups (broad SMARTS) is 1. The molecule has 0 aliphatic heterocycles. The van der Waals surface area contributed by atoms with Crippen LogP contribution in [0.15, 0.2) is 30.7 Å². The summed E-state index contributed by atoms with van der Waals surface area (Å²) >= 11 is 0. The zero-order chi connectivity index (χ0) is 11.5. The molecule has 0 saturated heterocycles. The maximum absolute atomic E-state index is 12.8. The second-order valence-electron chi connectivity index (χ2n) is 2.96. The molecule has 80 valence electrons. The summed E-state index contributed by atoms with van der Waals surface area (Å²) in [6.45, 7) is 0. The average Bonchev–Trinajstić information content (AvgIpc) is 2.29. The molecule has 0 bridgehead atoms. The molecule has 0 unspecified atom stereocenters. The maximum atomic E-state index is 12.8. The minimum atomic E-state index is -1.15. The maximum Gasteiger partial charge on any atom is 0.354 e. The summed E-state index contributed by atoms with van der Waals surface area (Å²) in [6.07, 6.45) is 2.41. The number of aromatic carboxylic acids is 1. The fourth-order valence-corrected chi connectivity index (χ4v) is 1.19. The second kappa shape index (κ2) is 4.01. The Morgan fingerprint density at radius 1 is 1.25 bits per heavy atom. The predicted molar refractivity (Wildman–Crippen MR) is 52.2 cm³/mol. The summed E-state index contributed by atoms with van der Waals surface area (Å²) in [7, 11) is 0. The minimum Gasteiger partial charge on any atom is -0.477 e. The van der Waals surface area contributed by atoms with Crippen LogP contribution in [-0.4, -0.2) is 26.0 Å². The van der Waals surface area contributed by atoms with Gasteiger partial charge in [0.15, 0.2) is 5.69 Å². The van der Waals surface area contributed by atoms with Gasteiger partial charge in [0.05, 0.1) is 5.69 Å². The number of carboxylic acids is 1. The SMILES string of the molecule is O=C(O)c1cc(-c2ccnc(F)c2)ncn1. The Labute approximate surface area is 89.6 Å². The van der Waals surface area contributed by atoms with Crippen LogP contribution < -0.4 is 0 Å². The van der Waals surface area contributed by atoms with Crippen molar-refractivity contribution in [3.05, 3.63) is 42.4 Å². The van der Waals surface area contributed by atoms with Crippen LogP contribution in [0.5, 0.6) is 0 Å². The molecule has 2 aromatic rings. The van der Waals surface area contributed by atoms with Gasteiger partial charge in [-0.1, -0.05) is 0 Å². The van der Waals surface area contributed by atoms with Gasteiger partial charge in [-0.05, 0) is 12.1 Å². The van der Waals surface area contributed by atoms with Crippen LogP contribution in [0.2, 0.25) is 0 Å². The molecule has 5 nitrogen and oxygen atoms in total. The van der Waals surface area contributed by atoms with Crippen LogP contribution in [0.25, 0.3) is 11.3 Å². The number of carbonyl (C=O) groups is 1. The molecule has 16 heavy (non-hydrogen) atoms. The average molecular weight is 219 g/mol. The lowest BCUT2D eigenvalue weighted by molar-refractivity contribution is 0.0690. The van der Waals surface area contributed by atoms with Crippen molar-refractivity contribution in [1.82, 2.24) is 15.0 Å². The molecular weight excluding hydrogens is 213 g/mol. The van der Waals surface area contributed by atoms with Crippen molar-refractivity contribution in [1.29, 1.82) is 0 Å². The molecule has 0 aromatic carbocycles. The molecule has 2 rings (SSSR count). The van der Waals surface area contributed by atoms with E-state index in [9.17, 15) is 9.18 Å². The highest BCUT2D eigenvalue weighted by molar-refractivity contribution is 5.86. The molecule has 0 aliphatic carbocycles. The van der Waals surface area contributed by atoms with Crippen LogP contribution in [0.4, 0.5) is 4.39 Å². The van der Waals surface area contributed by atoms with Crippen LogP contribution in [0.1, 0.15) is 10.5 Å².